The van der Waals surface area contributed by atoms with Crippen LogP contribution in [0.25, 0.3) is 0 Å². The number of hydrogen-bond donors (Lipinski definition) is 1. The molecule has 0 aliphatic heterocycles. The maximum Gasteiger partial charge on any atom is 0.126 e. The molecule has 0 atom stereocenters. The Morgan fingerprint density at radius 1 is 0.818 bits per heavy atom. The summed E-state index contributed by atoms with van der Waals surface area (Å²) in [5.41, 5.74) is -0.745. The third-order valence-electron chi connectivity index (χ3n) is 4.28. The van der Waals surface area contributed by atoms with Gasteiger partial charge in [-0.05, 0) is 43.9 Å². The molecular formula is C20H32AuO. The number of unbranched alkanes of at least 4 members (excludes halogenated alkanes) is 8. The summed E-state index contributed by atoms with van der Waals surface area (Å²) in [6.07, 6.45) is 16.7. The van der Waals surface area contributed by atoms with Gasteiger partial charge < -0.3 is 5.11 Å². The van der Waals surface area contributed by atoms with Crippen LogP contribution in [0.15, 0.2) is 0 Å². The minimum Gasteiger partial charge on any atom is -0.378 e. The van der Waals surface area contributed by atoms with Gasteiger partial charge in [-0.1, -0.05) is 70.1 Å². The maximum absolute atomic E-state index is 10.2. The Morgan fingerprint density at radius 3 is 2.05 bits per heavy atom. The fourth-order valence-corrected chi connectivity index (χ4v) is 2.86. The third kappa shape index (κ3) is 11.4. The molecule has 0 unspecified atom stereocenters. The Balaban J connectivity index is 0.00000441. The van der Waals surface area contributed by atoms with Crippen molar-refractivity contribution in [2.75, 3.05) is 0 Å². The zero-order valence-corrected chi connectivity index (χ0v) is 16.3. The fraction of sp³-hybridized carbons (Fsp3) is 0.800. The number of rotatable bonds is 8. The van der Waals surface area contributed by atoms with Crippen LogP contribution < -0.4 is 0 Å². The first-order valence-corrected chi connectivity index (χ1v) is 8.99. The Bertz CT molecular complexity index is 374. The van der Waals surface area contributed by atoms with E-state index in [1.165, 1.54) is 57.8 Å². The zero-order chi connectivity index (χ0) is 15.2. The molecule has 1 fully saturated rings. The molecule has 0 spiro atoms. The molecule has 0 aromatic rings. The predicted molar refractivity (Wildman–Crippen MR) is 90.8 cm³/mol. The van der Waals surface area contributed by atoms with Gasteiger partial charge in [-0.3, -0.25) is 0 Å². The minimum atomic E-state index is -0.745. The largest absolute Gasteiger partial charge is 0.378 e. The van der Waals surface area contributed by atoms with Crippen LogP contribution in [-0.4, -0.2) is 10.7 Å². The molecule has 1 N–H and O–H groups in total. The normalized spacial score (nSPS) is 15.7. The molecule has 1 saturated carbocycles. The molecule has 0 saturated heterocycles. The van der Waals surface area contributed by atoms with Crippen LogP contribution >= 0.6 is 0 Å². The van der Waals surface area contributed by atoms with E-state index in [0.717, 1.165) is 32.1 Å². The molecule has 0 amide bonds. The van der Waals surface area contributed by atoms with Gasteiger partial charge in [-0.25, -0.2) is 0 Å². The molecular weight excluding hydrogens is 453 g/mol. The molecule has 0 heterocycles. The summed E-state index contributed by atoms with van der Waals surface area (Å²) in [7, 11) is 0. The molecule has 2 heteroatoms. The van der Waals surface area contributed by atoms with Crippen LogP contribution in [-0.2, 0) is 22.4 Å². The summed E-state index contributed by atoms with van der Waals surface area (Å²) in [4.78, 5) is 0. The standard InChI is InChI=1S/C20H32O.Au/c1-2-3-4-5-6-7-8-9-10-11-12-14-17-20(21)18-15-13-16-19-20;/h21H,2-10,13,15-16,18-19H2,1H3;. The van der Waals surface area contributed by atoms with Crippen LogP contribution in [0.2, 0.25) is 0 Å². The summed E-state index contributed by atoms with van der Waals surface area (Å²) in [6.45, 7) is 2.26. The van der Waals surface area contributed by atoms with Gasteiger partial charge in [0.15, 0.2) is 0 Å². The predicted octanol–water partition coefficient (Wildman–Crippen LogP) is 5.22. The second kappa shape index (κ2) is 14.4. The van der Waals surface area contributed by atoms with Crippen molar-refractivity contribution in [3.05, 3.63) is 0 Å². The van der Waals surface area contributed by atoms with Crippen molar-refractivity contribution in [2.45, 2.75) is 102 Å². The Hall–Kier alpha value is -0.180. The first-order chi connectivity index (χ1) is 10.3. The van der Waals surface area contributed by atoms with E-state index in [-0.39, 0.29) is 22.4 Å². The summed E-state index contributed by atoms with van der Waals surface area (Å²) in [5.74, 6) is 11.8. The molecule has 0 aromatic heterocycles. The smallest absolute Gasteiger partial charge is 0.126 e. The van der Waals surface area contributed by atoms with E-state index in [1.54, 1.807) is 0 Å². The first kappa shape index (κ1) is 21.8. The van der Waals surface area contributed by atoms with Gasteiger partial charge in [0.25, 0.3) is 0 Å². The van der Waals surface area contributed by atoms with Crippen molar-refractivity contribution in [2.24, 2.45) is 0 Å². The molecule has 22 heavy (non-hydrogen) atoms. The van der Waals surface area contributed by atoms with E-state index in [4.69, 9.17) is 0 Å². The van der Waals surface area contributed by atoms with Crippen molar-refractivity contribution >= 4 is 0 Å². The van der Waals surface area contributed by atoms with Crippen LogP contribution in [0.1, 0.15) is 96.8 Å². The first-order valence-electron chi connectivity index (χ1n) is 8.99. The SMILES string of the molecule is CCCCCCCCCCC#CC#CC1(O)CCCCC1.[Au]. The molecule has 129 valence electrons. The quantitative estimate of drug-likeness (QED) is 0.284. The van der Waals surface area contributed by atoms with E-state index >= 15 is 0 Å². The molecule has 1 aliphatic rings. The van der Waals surface area contributed by atoms with Crippen LogP contribution in [0.3, 0.4) is 0 Å². The number of aliphatic hydroxyl groups is 1. The van der Waals surface area contributed by atoms with Gasteiger partial charge >= 0.3 is 0 Å². The maximum atomic E-state index is 10.2. The van der Waals surface area contributed by atoms with Gasteiger partial charge in [-0.2, -0.15) is 0 Å². The Morgan fingerprint density at radius 2 is 1.41 bits per heavy atom. The summed E-state index contributed by atoms with van der Waals surface area (Å²) in [6, 6.07) is 0. The van der Waals surface area contributed by atoms with Gasteiger partial charge in [0.2, 0.25) is 0 Å². The Labute approximate surface area is 153 Å². The van der Waals surface area contributed by atoms with Gasteiger partial charge in [0.05, 0.1) is 0 Å². The zero-order valence-electron chi connectivity index (χ0n) is 14.1. The average molecular weight is 485 g/mol. The van der Waals surface area contributed by atoms with E-state index in [1.807, 2.05) is 0 Å². The van der Waals surface area contributed by atoms with E-state index in [2.05, 4.69) is 30.6 Å². The van der Waals surface area contributed by atoms with E-state index < -0.39 is 5.60 Å². The topological polar surface area (TPSA) is 20.2 Å². The molecule has 1 aliphatic carbocycles. The summed E-state index contributed by atoms with van der Waals surface area (Å²) in [5, 5.41) is 10.2. The second-order valence-electron chi connectivity index (χ2n) is 6.37. The summed E-state index contributed by atoms with van der Waals surface area (Å²) >= 11 is 0. The van der Waals surface area contributed by atoms with Crippen molar-refractivity contribution in [3.63, 3.8) is 0 Å². The average Bonchev–Trinajstić information content (AvgIpc) is 2.49. The molecule has 1 rings (SSSR count). The van der Waals surface area contributed by atoms with Crippen molar-refractivity contribution in [1.82, 2.24) is 0 Å². The molecule has 1 nitrogen and oxygen atoms in total. The van der Waals surface area contributed by atoms with Crippen LogP contribution in [0.5, 0.6) is 0 Å². The van der Waals surface area contributed by atoms with Crippen molar-refractivity contribution < 1.29 is 27.5 Å². The minimum absolute atomic E-state index is 0. The monoisotopic (exact) mass is 485 g/mol. The van der Waals surface area contributed by atoms with Gasteiger partial charge in [0, 0.05) is 28.8 Å². The van der Waals surface area contributed by atoms with Gasteiger partial charge in [-0.15, -0.1) is 0 Å². The molecule has 0 bridgehead atoms. The second-order valence-corrected chi connectivity index (χ2v) is 6.37. The van der Waals surface area contributed by atoms with Crippen molar-refractivity contribution in [1.29, 1.82) is 0 Å². The van der Waals surface area contributed by atoms with Crippen LogP contribution in [0.4, 0.5) is 0 Å². The Kier molecular flexibility index (Phi) is 14.3. The van der Waals surface area contributed by atoms with E-state index in [9.17, 15) is 5.11 Å². The molecule has 0 aromatic carbocycles. The summed E-state index contributed by atoms with van der Waals surface area (Å²) < 4.78 is 0. The van der Waals surface area contributed by atoms with Crippen LogP contribution in [0, 0.1) is 23.7 Å². The molecule has 1 radical (unpaired) electrons. The van der Waals surface area contributed by atoms with E-state index in [0.29, 0.717) is 0 Å². The fourth-order valence-electron chi connectivity index (χ4n) is 2.86. The number of hydrogen-bond acceptors (Lipinski definition) is 1. The van der Waals surface area contributed by atoms with Crippen molar-refractivity contribution in [3.8, 4) is 23.7 Å². The third-order valence-corrected chi connectivity index (χ3v) is 4.28. The van der Waals surface area contributed by atoms with Gasteiger partial charge in [0.1, 0.15) is 5.60 Å².